The highest BCUT2D eigenvalue weighted by atomic mass is 19.1. The Hall–Kier alpha value is -6.42. The molecule has 0 spiro atoms. The third-order valence-electron chi connectivity index (χ3n) is 11.7. The van der Waals surface area contributed by atoms with Crippen LogP contribution in [0.4, 0.5) is 8.78 Å². The van der Waals surface area contributed by atoms with E-state index in [1.54, 1.807) is 31.4 Å². The van der Waals surface area contributed by atoms with Gasteiger partial charge in [-0.15, -0.1) is 0 Å². The van der Waals surface area contributed by atoms with E-state index < -0.39 is 10.8 Å². The van der Waals surface area contributed by atoms with Crippen LogP contribution in [-0.4, -0.2) is 44.1 Å². The number of aromatic amines is 2. The fraction of sp³-hybridized carbons (Fsp3) is 0.234. The maximum atomic E-state index is 14.1. The van der Waals surface area contributed by atoms with Crippen molar-refractivity contribution in [2.45, 2.75) is 49.4 Å². The maximum Gasteiger partial charge on any atom is 0.123 e. The quantitative estimate of drug-likeness (QED) is 0.0775. The van der Waals surface area contributed by atoms with E-state index in [0.717, 1.165) is 87.6 Å². The molecule has 4 aromatic carbocycles. The molecule has 0 bridgehead atoms. The molecular formula is C47H42F2N6O2. The van der Waals surface area contributed by atoms with E-state index >= 15 is 0 Å². The normalized spacial score (nSPS) is 21.3. The van der Waals surface area contributed by atoms with Gasteiger partial charge in [0, 0.05) is 58.0 Å². The van der Waals surface area contributed by atoms with Crippen molar-refractivity contribution in [3.05, 3.63) is 189 Å². The molecule has 0 saturated heterocycles. The lowest BCUT2D eigenvalue weighted by Gasteiger charge is -2.34. The summed E-state index contributed by atoms with van der Waals surface area (Å²) in [6, 6.07) is 34.0. The summed E-state index contributed by atoms with van der Waals surface area (Å²) in [7, 11) is 1.57. The minimum atomic E-state index is -0.490. The number of fused-ring (bicyclic) bond motifs is 2. The standard InChI is InChI=1S/C24H22FN3O.C23H20FN3O/c1-29-28-22(16-10-11-16)23-20-12-13-24(15-21(20)26-27-23,17-6-3-2-4-7-17)18-8-5-9-19(25)14-18;24-18-8-4-7-17(13-18)23(16-5-2-1-3-6-16)12-11-19-20(14-23)25-26-22(19)21(27-28)15-9-10-15/h2-9,12-14,16H,10-11,15H2,1H3,(H,26,27);1-8,11-13,15,28H,9-10,14H2,(H,25,26)/b28-22+;27-21+. The molecule has 286 valence electrons. The highest BCUT2D eigenvalue weighted by Gasteiger charge is 2.41. The van der Waals surface area contributed by atoms with Crippen molar-refractivity contribution in [3.8, 4) is 0 Å². The number of nitrogens with zero attached hydrogens (tertiary/aromatic N) is 4. The van der Waals surface area contributed by atoms with E-state index in [0.29, 0.717) is 24.5 Å². The third kappa shape index (κ3) is 6.79. The van der Waals surface area contributed by atoms with E-state index in [9.17, 15) is 14.0 Å². The first-order valence-corrected chi connectivity index (χ1v) is 19.4. The number of aromatic nitrogens is 4. The molecule has 3 N–H and O–H groups in total. The number of benzene rings is 4. The van der Waals surface area contributed by atoms with Crippen molar-refractivity contribution in [1.29, 1.82) is 0 Å². The van der Waals surface area contributed by atoms with Crippen LogP contribution in [-0.2, 0) is 28.5 Å². The molecule has 2 unspecified atom stereocenters. The van der Waals surface area contributed by atoms with Crippen molar-refractivity contribution >= 4 is 23.6 Å². The maximum absolute atomic E-state index is 14.1. The van der Waals surface area contributed by atoms with Gasteiger partial charge >= 0.3 is 0 Å². The van der Waals surface area contributed by atoms with Gasteiger partial charge in [0.1, 0.15) is 41.6 Å². The fourth-order valence-corrected chi connectivity index (χ4v) is 8.49. The molecule has 10 heteroatoms. The van der Waals surface area contributed by atoms with E-state index in [-0.39, 0.29) is 17.6 Å². The lowest BCUT2D eigenvalue weighted by molar-refractivity contribution is 0.212. The Kier molecular flexibility index (Phi) is 9.48. The molecule has 4 aliphatic carbocycles. The van der Waals surface area contributed by atoms with Gasteiger partial charge in [0.15, 0.2) is 0 Å². The number of hydrogen-bond acceptors (Lipinski definition) is 6. The summed E-state index contributed by atoms with van der Waals surface area (Å²) >= 11 is 0. The van der Waals surface area contributed by atoms with Crippen LogP contribution < -0.4 is 0 Å². The summed E-state index contributed by atoms with van der Waals surface area (Å²) in [5.74, 6) is 0.223. The largest absolute Gasteiger partial charge is 0.411 e. The van der Waals surface area contributed by atoms with Crippen molar-refractivity contribution < 1.29 is 18.8 Å². The molecule has 2 heterocycles. The van der Waals surface area contributed by atoms with E-state index in [2.05, 4.69) is 73.2 Å². The zero-order valence-corrected chi connectivity index (χ0v) is 31.5. The third-order valence-corrected chi connectivity index (χ3v) is 11.7. The Morgan fingerprint density at radius 2 is 1.07 bits per heavy atom. The van der Waals surface area contributed by atoms with Crippen molar-refractivity contribution in [2.24, 2.45) is 22.1 Å². The first kappa shape index (κ1) is 36.2. The molecule has 4 aliphatic rings. The van der Waals surface area contributed by atoms with E-state index in [1.165, 1.54) is 12.1 Å². The summed E-state index contributed by atoms with van der Waals surface area (Å²) in [6.45, 7) is 0. The summed E-state index contributed by atoms with van der Waals surface area (Å²) in [5.41, 5.74) is 10.2. The number of hydrogen-bond donors (Lipinski definition) is 3. The van der Waals surface area contributed by atoms with Crippen LogP contribution in [0.2, 0.25) is 0 Å². The SMILES string of the molecule is CO/N=C(/c1n[nH]c2c1C=CC(c1ccccc1)(c1cccc(F)c1)C2)C1CC1.O/N=C(/c1n[nH]c2c1C=CC(c1ccccc1)(c1cccc(F)c1)C2)C1CC1. The van der Waals surface area contributed by atoms with Crippen LogP contribution in [0.5, 0.6) is 0 Å². The molecule has 6 aromatic rings. The number of rotatable bonds is 9. The first-order valence-electron chi connectivity index (χ1n) is 19.4. The van der Waals surface area contributed by atoms with Gasteiger partial charge in [-0.2, -0.15) is 10.2 Å². The molecule has 57 heavy (non-hydrogen) atoms. The van der Waals surface area contributed by atoms with Crippen LogP contribution in [0.15, 0.2) is 132 Å². The Morgan fingerprint density at radius 1 is 0.632 bits per heavy atom. The molecule has 0 amide bonds. The second kappa shape index (κ2) is 14.9. The monoisotopic (exact) mass is 760 g/mol. The van der Waals surface area contributed by atoms with Crippen molar-refractivity contribution in [3.63, 3.8) is 0 Å². The fourth-order valence-electron chi connectivity index (χ4n) is 8.49. The molecule has 0 aliphatic heterocycles. The summed E-state index contributed by atoms with van der Waals surface area (Å²) in [5, 5.41) is 32.7. The van der Waals surface area contributed by atoms with Gasteiger partial charge in [-0.05, 0) is 72.2 Å². The highest BCUT2D eigenvalue weighted by molar-refractivity contribution is 6.05. The van der Waals surface area contributed by atoms with Crippen LogP contribution >= 0.6 is 0 Å². The number of oxime groups is 2. The zero-order valence-electron chi connectivity index (χ0n) is 31.5. The van der Waals surface area contributed by atoms with Gasteiger partial charge < -0.3 is 10.0 Å². The number of nitrogens with one attached hydrogen (secondary N) is 2. The van der Waals surface area contributed by atoms with Crippen molar-refractivity contribution in [2.75, 3.05) is 7.11 Å². The lowest BCUT2D eigenvalue weighted by atomic mass is 9.68. The highest BCUT2D eigenvalue weighted by Crippen LogP contribution is 2.45. The second-order valence-corrected chi connectivity index (χ2v) is 15.3. The first-order chi connectivity index (χ1) is 27.9. The zero-order chi connectivity index (χ0) is 39.0. The minimum absolute atomic E-state index is 0.231. The minimum Gasteiger partial charge on any atom is -0.411 e. The molecule has 2 fully saturated rings. The smallest absolute Gasteiger partial charge is 0.123 e. The Morgan fingerprint density at radius 3 is 1.49 bits per heavy atom. The topological polar surface area (TPSA) is 112 Å². The lowest BCUT2D eigenvalue weighted by Crippen LogP contribution is -2.30. The molecule has 0 radical (unpaired) electrons. The van der Waals surface area contributed by atoms with Gasteiger partial charge in [0.05, 0.1) is 0 Å². The van der Waals surface area contributed by atoms with Gasteiger partial charge in [-0.25, -0.2) is 8.78 Å². The Bertz CT molecular complexity index is 2530. The van der Waals surface area contributed by atoms with Crippen LogP contribution in [0.3, 0.4) is 0 Å². The summed E-state index contributed by atoms with van der Waals surface area (Å²) in [6.07, 6.45) is 14.0. The van der Waals surface area contributed by atoms with Gasteiger partial charge in [0.25, 0.3) is 0 Å². The molecule has 8 nitrogen and oxygen atoms in total. The predicted molar refractivity (Wildman–Crippen MR) is 217 cm³/mol. The van der Waals surface area contributed by atoms with Gasteiger partial charge in [0.2, 0.25) is 0 Å². The average Bonchev–Trinajstić information content (AvgIpc) is 4.19. The summed E-state index contributed by atoms with van der Waals surface area (Å²) in [4.78, 5) is 5.08. The summed E-state index contributed by atoms with van der Waals surface area (Å²) < 4.78 is 28.2. The number of halogens is 2. The predicted octanol–water partition coefficient (Wildman–Crippen LogP) is 9.56. The van der Waals surface area contributed by atoms with E-state index in [4.69, 9.17) is 4.84 Å². The number of allylic oxidation sites excluding steroid dienone is 2. The van der Waals surface area contributed by atoms with Crippen LogP contribution in [0.25, 0.3) is 12.2 Å². The second-order valence-electron chi connectivity index (χ2n) is 15.3. The Labute approximate surface area is 329 Å². The molecule has 10 rings (SSSR count). The van der Waals surface area contributed by atoms with Gasteiger partial charge in [-0.1, -0.05) is 120 Å². The van der Waals surface area contributed by atoms with E-state index in [1.807, 2.05) is 54.6 Å². The van der Waals surface area contributed by atoms with Crippen LogP contribution in [0.1, 0.15) is 81.8 Å². The van der Waals surface area contributed by atoms with Crippen molar-refractivity contribution in [1.82, 2.24) is 20.4 Å². The molecule has 2 aromatic heterocycles. The molecular weight excluding hydrogens is 719 g/mol. The molecule has 2 atom stereocenters. The Balaban J connectivity index is 0.000000148. The van der Waals surface area contributed by atoms with Gasteiger partial charge in [-0.3, -0.25) is 10.2 Å². The average molecular weight is 761 g/mol. The molecule has 2 saturated carbocycles. The van der Waals surface area contributed by atoms with Crippen LogP contribution in [0, 0.1) is 23.5 Å². The number of H-pyrrole nitrogens is 2.